The number of nitro groups is 1. The zero-order chi connectivity index (χ0) is 14.0. The van der Waals surface area contributed by atoms with Gasteiger partial charge in [-0.15, -0.1) is 11.3 Å². The fraction of sp³-hybridized carbons (Fsp3) is 0.250. The number of anilines is 1. The highest BCUT2D eigenvalue weighted by molar-refractivity contribution is 7.09. The second-order valence-electron chi connectivity index (χ2n) is 4.12. The number of nitrogens with zero attached hydrogens (tertiary/aromatic N) is 2. The molecule has 1 heterocycles. The number of aromatic nitrogens is 1. The molecule has 0 bridgehead atoms. The maximum absolute atomic E-state index is 13.3. The van der Waals surface area contributed by atoms with Gasteiger partial charge in [0.05, 0.1) is 28.2 Å². The van der Waals surface area contributed by atoms with Gasteiger partial charge in [-0.05, 0) is 19.9 Å². The van der Waals surface area contributed by atoms with Crippen LogP contribution in [0.15, 0.2) is 23.7 Å². The van der Waals surface area contributed by atoms with Crippen molar-refractivity contribution in [2.24, 2.45) is 0 Å². The van der Waals surface area contributed by atoms with Crippen LogP contribution in [0.5, 0.6) is 0 Å². The van der Waals surface area contributed by atoms with E-state index in [1.807, 2.05) is 13.8 Å². The highest BCUT2D eigenvalue weighted by Gasteiger charge is 2.14. The number of benzene rings is 1. The molecule has 0 amide bonds. The zero-order valence-corrected chi connectivity index (χ0v) is 11.2. The molecule has 2 aromatic rings. The van der Waals surface area contributed by atoms with E-state index < -0.39 is 10.7 Å². The molecule has 1 aromatic carbocycles. The number of halogens is 1. The standard InChI is InChI=1S/C12H12FN3O2S/c1-7-12(19-6-14-7)8(2)15-10-3-9(13)4-11(5-10)16(17)18/h3-6,8,15H,1-2H3. The third-order valence-corrected chi connectivity index (χ3v) is 3.77. The molecule has 1 aromatic heterocycles. The summed E-state index contributed by atoms with van der Waals surface area (Å²) >= 11 is 1.49. The van der Waals surface area contributed by atoms with Crippen LogP contribution in [0.4, 0.5) is 15.8 Å². The first-order chi connectivity index (χ1) is 8.97. The molecule has 0 aliphatic carbocycles. The molecule has 7 heteroatoms. The fourth-order valence-electron chi connectivity index (χ4n) is 1.80. The lowest BCUT2D eigenvalue weighted by atomic mass is 10.2. The number of rotatable bonds is 4. The van der Waals surface area contributed by atoms with Crippen molar-refractivity contribution < 1.29 is 9.31 Å². The number of thiazole rings is 1. The Morgan fingerprint density at radius 1 is 1.47 bits per heavy atom. The van der Waals surface area contributed by atoms with Crippen molar-refractivity contribution in [1.29, 1.82) is 0 Å². The number of nitrogens with one attached hydrogen (secondary N) is 1. The van der Waals surface area contributed by atoms with Crippen LogP contribution in [0.2, 0.25) is 0 Å². The lowest BCUT2D eigenvalue weighted by Gasteiger charge is -2.14. The van der Waals surface area contributed by atoms with Gasteiger partial charge in [0.25, 0.3) is 5.69 Å². The molecule has 100 valence electrons. The van der Waals surface area contributed by atoms with Gasteiger partial charge in [-0.3, -0.25) is 10.1 Å². The predicted octanol–water partition coefficient (Wildman–Crippen LogP) is 3.67. The third kappa shape index (κ3) is 3.05. The van der Waals surface area contributed by atoms with Crippen molar-refractivity contribution in [2.45, 2.75) is 19.9 Å². The van der Waals surface area contributed by atoms with Gasteiger partial charge in [0.1, 0.15) is 5.82 Å². The van der Waals surface area contributed by atoms with Crippen molar-refractivity contribution in [3.05, 3.63) is 50.2 Å². The summed E-state index contributed by atoms with van der Waals surface area (Å²) in [4.78, 5) is 15.2. The molecule has 1 atom stereocenters. The van der Waals surface area contributed by atoms with Crippen LogP contribution in [0.3, 0.4) is 0 Å². The zero-order valence-electron chi connectivity index (χ0n) is 10.4. The number of hydrogen-bond donors (Lipinski definition) is 1. The van der Waals surface area contributed by atoms with Crippen molar-refractivity contribution in [3.8, 4) is 0 Å². The van der Waals surface area contributed by atoms with Gasteiger partial charge in [0.15, 0.2) is 0 Å². The lowest BCUT2D eigenvalue weighted by molar-refractivity contribution is -0.385. The topological polar surface area (TPSA) is 68.1 Å². The summed E-state index contributed by atoms with van der Waals surface area (Å²) in [7, 11) is 0. The van der Waals surface area contributed by atoms with Crippen molar-refractivity contribution in [2.75, 3.05) is 5.32 Å². The molecule has 0 spiro atoms. The van der Waals surface area contributed by atoms with Crippen molar-refractivity contribution in [3.63, 3.8) is 0 Å². The van der Waals surface area contributed by atoms with E-state index in [9.17, 15) is 14.5 Å². The second-order valence-corrected chi connectivity index (χ2v) is 5.01. The van der Waals surface area contributed by atoms with Crippen molar-refractivity contribution in [1.82, 2.24) is 4.98 Å². The van der Waals surface area contributed by atoms with Crippen LogP contribution in [0.25, 0.3) is 0 Å². The first-order valence-corrected chi connectivity index (χ1v) is 6.47. The van der Waals surface area contributed by atoms with Crippen LogP contribution >= 0.6 is 11.3 Å². The summed E-state index contributed by atoms with van der Waals surface area (Å²) in [6.07, 6.45) is 0. The molecule has 5 nitrogen and oxygen atoms in total. The van der Waals surface area contributed by atoms with Gasteiger partial charge < -0.3 is 5.32 Å². The normalized spacial score (nSPS) is 12.2. The minimum absolute atomic E-state index is 0.0890. The molecule has 0 fully saturated rings. The van der Waals surface area contributed by atoms with Crippen LogP contribution in [-0.4, -0.2) is 9.91 Å². The van der Waals surface area contributed by atoms with Gasteiger partial charge >= 0.3 is 0 Å². The smallest absolute Gasteiger partial charge is 0.274 e. The number of nitro benzene ring substituents is 1. The van der Waals surface area contributed by atoms with E-state index in [1.54, 1.807) is 5.51 Å². The summed E-state index contributed by atoms with van der Waals surface area (Å²) < 4.78 is 13.3. The van der Waals surface area contributed by atoms with E-state index in [0.717, 1.165) is 16.6 Å². The van der Waals surface area contributed by atoms with Crippen LogP contribution in [0, 0.1) is 22.9 Å². The number of non-ortho nitro benzene ring substituents is 1. The molecule has 0 aliphatic heterocycles. The molecular formula is C12H12FN3O2S. The number of aryl methyl sites for hydroxylation is 1. The Labute approximate surface area is 113 Å². The number of hydrogen-bond acceptors (Lipinski definition) is 5. The predicted molar refractivity (Wildman–Crippen MR) is 71.9 cm³/mol. The van der Waals surface area contributed by atoms with E-state index in [-0.39, 0.29) is 11.7 Å². The molecule has 0 radical (unpaired) electrons. The van der Waals surface area contributed by atoms with Crippen LogP contribution in [-0.2, 0) is 0 Å². The molecule has 1 N–H and O–H groups in total. The van der Waals surface area contributed by atoms with Crippen molar-refractivity contribution >= 4 is 22.7 Å². The molecule has 19 heavy (non-hydrogen) atoms. The Bertz CT molecular complexity index is 615. The Balaban J connectivity index is 2.24. The molecule has 0 saturated heterocycles. The van der Waals surface area contributed by atoms with Gasteiger partial charge in [-0.25, -0.2) is 9.37 Å². The molecule has 0 aliphatic rings. The third-order valence-electron chi connectivity index (χ3n) is 2.65. The first-order valence-electron chi connectivity index (χ1n) is 5.59. The summed E-state index contributed by atoms with van der Waals surface area (Å²) in [6, 6.07) is 3.36. The summed E-state index contributed by atoms with van der Waals surface area (Å²) in [5, 5.41) is 13.7. The minimum atomic E-state index is -0.634. The molecule has 2 rings (SSSR count). The highest BCUT2D eigenvalue weighted by atomic mass is 32.1. The van der Waals surface area contributed by atoms with Gasteiger partial charge in [-0.1, -0.05) is 0 Å². The Morgan fingerprint density at radius 3 is 2.79 bits per heavy atom. The van der Waals surface area contributed by atoms with Crippen LogP contribution in [0.1, 0.15) is 23.5 Å². The summed E-state index contributed by atoms with van der Waals surface area (Å²) in [6.45, 7) is 3.79. The monoisotopic (exact) mass is 281 g/mol. The molecule has 0 saturated carbocycles. The van der Waals surface area contributed by atoms with E-state index >= 15 is 0 Å². The average Bonchev–Trinajstić information content (AvgIpc) is 2.74. The first kappa shape index (κ1) is 13.4. The average molecular weight is 281 g/mol. The quantitative estimate of drug-likeness (QED) is 0.685. The minimum Gasteiger partial charge on any atom is -0.377 e. The maximum Gasteiger partial charge on any atom is 0.274 e. The maximum atomic E-state index is 13.3. The van der Waals surface area contributed by atoms with Gasteiger partial charge in [-0.2, -0.15) is 0 Å². The van der Waals surface area contributed by atoms with E-state index in [1.165, 1.54) is 23.5 Å². The fourth-order valence-corrected chi connectivity index (χ4v) is 2.62. The largest absolute Gasteiger partial charge is 0.377 e. The highest BCUT2D eigenvalue weighted by Crippen LogP contribution is 2.27. The Kier molecular flexibility index (Phi) is 3.75. The SMILES string of the molecule is Cc1ncsc1C(C)Nc1cc(F)cc([N+](=O)[O-])c1. The summed E-state index contributed by atoms with van der Waals surface area (Å²) in [5.41, 5.74) is 2.75. The van der Waals surface area contributed by atoms with Crippen LogP contribution < -0.4 is 5.32 Å². The Hall–Kier alpha value is -2.02. The molecular weight excluding hydrogens is 269 g/mol. The molecule has 1 unspecified atom stereocenters. The summed E-state index contributed by atoms with van der Waals surface area (Å²) in [5.74, 6) is -0.634. The Morgan fingerprint density at radius 2 is 2.21 bits per heavy atom. The second kappa shape index (κ2) is 5.31. The van der Waals surface area contributed by atoms with E-state index in [0.29, 0.717) is 5.69 Å². The van der Waals surface area contributed by atoms with Gasteiger partial charge in [0, 0.05) is 16.6 Å². The lowest BCUT2D eigenvalue weighted by Crippen LogP contribution is -2.07. The van der Waals surface area contributed by atoms with E-state index in [2.05, 4.69) is 10.3 Å². The van der Waals surface area contributed by atoms with Gasteiger partial charge in [0.2, 0.25) is 0 Å². The van der Waals surface area contributed by atoms with E-state index in [4.69, 9.17) is 0 Å².